The number of anilines is 1. The number of sulfonamides is 1. The van der Waals surface area contributed by atoms with Crippen LogP contribution in [0.4, 0.5) is 10.1 Å². The second-order valence-corrected chi connectivity index (χ2v) is 6.23. The number of rotatable bonds is 5. The lowest BCUT2D eigenvalue weighted by molar-refractivity contribution is 0.311. The lowest BCUT2D eigenvalue weighted by atomic mass is 10.3. The van der Waals surface area contributed by atoms with Crippen molar-refractivity contribution in [3.8, 4) is 6.01 Å². The molecule has 0 radical (unpaired) electrons. The van der Waals surface area contributed by atoms with Gasteiger partial charge in [-0.05, 0) is 39.0 Å². The van der Waals surface area contributed by atoms with E-state index in [0.717, 1.165) is 6.07 Å². The predicted molar refractivity (Wildman–Crippen MR) is 79.9 cm³/mol. The van der Waals surface area contributed by atoms with Crippen LogP contribution in [0.5, 0.6) is 6.01 Å². The van der Waals surface area contributed by atoms with Crippen molar-refractivity contribution in [2.24, 2.45) is 0 Å². The molecule has 0 spiro atoms. The van der Waals surface area contributed by atoms with E-state index in [0.29, 0.717) is 18.0 Å². The minimum atomic E-state index is -3.92. The van der Waals surface area contributed by atoms with Crippen LogP contribution in [0.3, 0.4) is 0 Å². The van der Waals surface area contributed by atoms with Gasteiger partial charge in [-0.25, -0.2) is 12.8 Å². The molecule has 6 nitrogen and oxygen atoms in total. The van der Waals surface area contributed by atoms with Crippen LogP contribution in [0, 0.1) is 19.7 Å². The highest BCUT2D eigenvalue weighted by Gasteiger charge is 2.19. The average Bonchev–Trinajstić information content (AvgIpc) is 2.43. The van der Waals surface area contributed by atoms with Crippen LogP contribution in [0.25, 0.3) is 0 Å². The topological polar surface area (TPSA) is 81.2 Å². The van der Waals surface area contributed by atoms with Crippen molar-refractivity contribution in [1.29, 1.82) is 0 Å². The van der Waals surface area contributed by atoms with Crippen LogP contribution in [0.2, 0.25) is 0 Å². The molecular weight excluding hydrogens is 309 g/mol. The van der Waals surface area contributed by atoms with E-state index in [1.54, 1.807) is 20.8 Å². The first-order valence-corrected chi connectivity index (χ1v) is 8.08. The Labute approximate surface area is 128 Å². The van der Waals surface area contributed by atoms with Crippen molar-refractivity contribution in [2.75, 3.05) is 11.3 Å². The van der Waals surface area contributed by atoms with Crippen molar-refractivity contribution >= 4 is 15.7 Å². The van der Waals surface area contributed by atoms with Gasteiger partial charge in [-0.1, -0.05) is 6.07 Å². The van der Waals surface area contributed by atoms with Gasteiger partial charge >= 0.3 is 6.01 Å². The van der Waals surface area contributed by atoms with Crippen molar-refractivity contribution in [1.82, 2.24) is 9.97 Å². The fourth-order valence-corrected chi connectivity index (χ4v) is 3.06. The summed E-state index contributed by atoms with van der Waals surface area (Å²) >= 11 is 0. The van der Waals surface area contributed by atoms with Crippen LogP contribution in [0.15, 0.2) is 29.2 Å². The van der Waals surface area contributed by atoms with E-state index in [9.17, 15) is 12.8 Å². The summed E-state index contributed by atoms with van der Waals surface area (Å²) in [5, 5.41) is 0. The third-order valence-electron chi connectivity index (χ3n) is 2.87. The van der Waals surface area contributed by atoms with Gasteiger partial charge in [0.25, 0.3) is 10.0 Å². The number of aromatic nitrogens is 2. The molecule has 0 aliphatic heterocycles. The van der Waals surface area contributed by atoms with E-state index >= 15 is 0 Å². The number of halogens is 1. The second-order valence-electron chi connectivity index (χ2n) is 4.55. The Morgan fingerprint density at radius 3 is 2.41 bits per heavy atom. The fourth-order valence-electron chi connectivity index (χ4n) is 1.85. The van der Waals surface area contributed by atoms with E-state index in [1.807, 2.05) is 0 Å². The predicted octanol–water partition coefficient (Wildman–Crippen LogP) is 2.43. The number of hydrogen-bond acceptors (Lipinski definition) is 5. The van der Waals surface area contributed by atoms with Crippen molar-refractivity contribution in [2.45, 2.75) is 25.7 Å². The molecule has 0 fully saturated rings. The van der Waals surface area contributed by atoms with Gasteiger partial charge < -0.3 is 4.74 Å². The van der Waals surface area contributed by atoms with Crippen LogP contribution < -0.4 is 9.46 Å². The third kappa shape index (κ3) is 3.51. The van der Waals surface area contributed by atoms with Gasteiger partial charge in [-0.3, -0.25) is 4.72 Å². The molecule has 0 saturated heterocycles. The molecule has 118 valence electrons. The molecule has 1 heterocycles. The van der Waals surface area contributed by atoms with Gasteiger partial charge in [-0.2, -0.15) is 9.97 Å². The van der Waals surface area contributed by atoms with Crippen LogP contribution in [-0.4, -0.2) is 25.0 Å². The smallest absolute Gasteiger partial charge is 0.316 e. The van der Waals surface area contributed by atoms with Gasteiger partial charge in [0.15, 0.2) is 0 Å². The molecule has 2 rings (SSSR count). The molecule has 0 amide bonds. The van der Waals surface area contributed by atoms with Gasteiger partial charge in [-0.15, -0.1) is 0 Å². The van der Waals surface area contributed by atoms with E-state index in [1.165, 1.54) is 18.2 Å². The highest BCUT2D eigenvalue weighted by Crippen LogP contribution is 2.23. The first kappa shape index (κ1) is 16.2. The quantitative estimate of drug-likeness (QED) is 0.913. The second kappa shape index (κ2) is 6.27. The first-order valence-electron chi connectivity index (χ1n) is 6.60. The zero-order valence-corrected chi connectivity index (χ0v) is 13.2. The number of aryl methyl sites for hydroxylation is 2. The van der Waals surface area contributed by atoms with Gasteiger partial charge in [0, 0.05) is 0 Å². The van der Waals surface area contributed by atoms with Crippen LogP contribution in [-0.2, 0) is 10.0 Å². The molecule has 0 bridgehead atoms. The van der Waals surface area contributed by atoms with Gasteiger partial charge in [0.2, 0.25) is 0 Å². The largest absolute Gasteiger partial charge is 0.464 e. The standard InChI is InChI=1S/C14H16FN3O3S/c1-4-21-14-16-9(2)13(10(3)17-14)18-22(19,20)12-7-5-6-11(15)8-12/h5-8,18H,4H2,1-3H3. The molecule has 0 aliphatic carbocycles. The highest BCUT2D eigenvalue weighted by atomic mass is 32.2. The Hall–Kier alpha value is -2.22. The molecule has 1 N–H and O–H groups in total. The summed E-state index contributed by atoms with van der Waals surface area (Å²) in [6.45, 7) is 5.49. The summed E-state index contributed by atoms with van der Waals surface area (Å²) in [5.41, 5.74) is 1.11. The lowest BCUT2D eigenvalue weighted by Crippen LogP contribution is -2.16. The molecule has 1 aromatic heterocycles. The molecule has 0 aliphatic rings. The maximum absolute atomic E-state index is 13.2. The van der Waals surface area contributed by atoms with Crippen molar-refractivity contribution in [3.63, 3.8) is 0 Å². The Morgan fingerprint density at radius 2 is 1.86 bits per heavy atom. The number of benzene rings is 1. The Morgan fingerprint density at radius 1 is 1.23 bits per heavy atom. The minimum absolute atomic E-state index is 0.166. The summed E-state index contributed by atoms with van der Waals surface area (Å²) < 4.78 is 45.4. The molecule has 0 atom stereocenters. The van der Waals surface area contributed by atoms with Crippen molar-refractivity contribution < 1.29 is 17.5 Å². The number of hydrogen-bond donors (Lipinski definition) is 1. The maximum atomic E-state index is 13.2. The van der Waals surface area contributed by atoms with Gasteiger partial charge in [0.05, 0.1) is 28.6 Å². The minimum Gasteiger partial charge on any atom is -0.464 e. The van der Waals surface area contributed by atoms with Gasteiger partial charge in [0.1, 0.15) is 5.82 Å². The summed E-state index contributed by atoms with van der Waals surface area (Å²) in [6.07, 6.45) is 0. The highest BCUT2D eigenvalue weighted by molar-refractivity contribution is 7.92. The normalized spacial score (nSPS) is 11.3. The van der Waals surface area contributed by atoms with E-state index in [-0.39, 0.29) is 16.6 Å². The summed E-state index contributed by atoms with van der Waals surface area (Å²) in [6, 6.07) is 4.95. The molecular formula is C14H16FN3O3S. The first-order chi connectivity index (χ1) is 10.3. The zero-order valence-electron chi connectivity index (χ0n) is 12.4. The molecule has 8 heteroatoms. The molecule has 0 unspecified atom stereocenters. The van der Waals surface area contributed by atoms with Crippen molar-refractivity contribution in [3.05, 3.63) is 41.5 Å². The van der Waals surface area contributed by atoms with E-state index in [2.05, 4.69) is 14.7 Å². The zero-order chi connectivity index (χ0) is 16.3. The van der Waals surface area contributed by atoms with Crippen LogP contribution >= 0.6 is 0 Å². The Bertz CT molecular complexity index is 771. The monoisotopic (exact) mass is 325 g/mol. The summed E-state index contributed by atoms with van der Waals surface area (Å²) in [5.74, 6) is -0.626. The summed E-state index contributed by atoms with van der Waals surface area (Å²) in [7, 11) is -3.92. The van der Waals surface area contributed by atoms with Crippen LogP contribution in [0.1, 0.15) is 18.3 Å². The molecule has 0 saturated carbocycles. The number of nitrogens with one attached hydrogen (secondary N) is 1. The Balaban J connectivity index is 2.38. The molecule has 22 heavy (non-hydrogen) atoms. The third-order valence-corrected chi connectivity index (χ3v) is 4.21. The number of ether oxygens (including phenoxy) is 1. The average molecular weight is 325 g/mol. The summed E-state index contributed by atoms with van der Waals surface area (Å²) in [4.78, 5) is 8.00. The lowest BCUT2D eigenvalue weighted by Gasteiger charge is -2.13. The Kier molecular flexibility index (Phi) is 4.60. The SMILES string of the molecule is CCOc1nc(C)c(NS(=O)(=O)c2cccc(F)c2)c(C)n1. The number of nitrogens with zero attached hydrogens (tertiary/aromatic N) is 2. The molecule has 2 aromatic rings. The van der Waals surface area contributed by atoms with E-state index < -0.39 is 15.8 Å². The molecule has 1 aromatic carbocycles. The fraction of sp³-hybridized carbons (Fsp3) is 0.286. The maximum Gasteiger partial charge on any atom is 0.316 e. The van der Waals surface area contributed by atoms with E-state index in [4.69, 9.17) is 4.74 Å².